The second kappa shape index (κ2) is 5.60. The van der Waals surface area contributed by atoms with Crippen molar-refractivity contribution >= 4 is 27.9 Å². The number of para-hydroxylation sites is 1. The minimum atomic E-state index is -0.412. The fourth-order valence-electron chi connectivity index (χ4n) is 1.29. The Morgan fingerprint density at radius 3 is 2.73 bits per heavy atom. The normalized spacial score (nSPS) is 12.1. The van der Waals surface area contributed by atoms with Crippen LogP contribution in [0.25, 0.3) is 0 Å². The van der Waals surface area contributed by atoms with Crippen LogP contribution in [0.5, 0.6) is 0 Å². The SMILES string of the molecule is O=CCCC(Br)c1ccccc1[N+](=O)[O-]. The zero-order chi connectivity index (χ0) is 11.3. The van der Waals surface area contributed by atoms with Gasteiger partial charge in [0.2, 0.25) is 0 Å². The molecule has 0 aliphatic heterocycles. The number of hydrogen-bond acceptors (Lipinski definition) is 3. The highest BCUT2D eigenvalue weighted by Gasteiger charge is 2.18. The van der Waals surface area contributed by atoms with Gasteiger partial charge in [-0.05, 0) is 6.42 Å². The molecule has 0 saturated heterocycles. The average molecular weight is 272 g/mol. The molecule has 0 amide bonds. The van der Waals surface area contributed by atoms with Gasteiger partial charge in [-0.3, -0.25) is 10.1 Å². The summed E-state index contributed by atoms with van der Waals surface area (Å²) < 4.78 is 0. The Bertz CT molecular complexity index is 367. The Hall–Kier alpha value is -1.23. The summed E-state index contributed by atoms with van der Waals surface area (Å²) in [7, 11) is 0. The lowest BCUT2D eigenvalue weighted by Crippen LogP contribution is -1.97. The second-order valence-corrected chi connectivity index (χ2v) is 4.13. The van der Waals surface area contributed by atoms with Crippen LogP contribution in [0.3, 0.4) is 0 Å². The monoisotopic (exact) mass is 271 g/mol. The number of hydrogen-bond donors (Lipinski definition) is 0. The lowest BCUT2D eigenvalue weighted by atomic mass is 10.1. The molecule has 1 unspecified atom stereocenters. The predicted molar refractivity (Wildman–Crippen MR) is 60.1 cm³/mol. The highest BCUT2D eigenvalue weighted by Crippen LogP contribution is 2.33. The Kier molecular flexibility index (Phi) is 4.42. The molecule has 1 aromatic carbocycles. The van der Waals surface area contributed by atoms with E-state index in [9.17, 15) is 14.9 Å². The van der Waals surface area contributed by atoms with Crippen molar-refractivity contribution in [3.8, 4) is 0 Å². The van der Waals surface area contributed by atoms with Gasteiger partial charge in [0, 0.05) is 22.9 Å². The van der Waals surface area contributed by atoms with E-state index in [-0.39, 0.29) is 10.5 Å². The summed E-state index contributed by atoms with van der Waals surface area (Å²) in [6.45, 7) is 0. The van der Waals surface area contributed by atoms with Crippen LogP contribution in [0.4, 0.5) is 5.69 Å². The number of carbonyl (C=O) groups excluding carboxylic acids is 1. The summed E-state index contributed by atoms with van der Waals surface area (Å²) in [4.78, 5) is 20.4. The molecule has 0 aliphatic rings. The quantitative estimate of drug-likeness (QED) is 0.358. The molecule has 0 saturated carbocycles. The van der Waals surface area contributed by atoms with Crippen LogP contribution in [0.2, 0.25) is 0 Å². The molecule has 1 aromatic rings. The van der Waals surface area contributed by atoms with Crippen molar-refractivity contribution in [3.05, 3.63) is 39.9 Å². The number of benzene rings is 1. The molecule has 0 bridgehead atoms. The molecular formula is C10H10BrNO3. The van der Waals surface area contributed by atoms with E-state index in [0.717, 1.165) is 6.29 Å². The third kappa shape index (κ3) is 3.13. The van der Waals surface area contributed by atoms with E-state index in [4.69, 9.17) is 0 Å². The maximum Gasteiger partial charge on any atom is 0.273 e. The van der Waals surface area contributed by atoms with Crippen molar-refractivity contribution < 1.29 is 9.72 Å². The van der Waals surface area contributed by atoms with Crippen LogP contribution < -0.4 is 0 Å². The zero-order valence-corrected chi connectivity index (χ0v) is 9.51. The van der Waals surface area contributed by atoms with Gasteiger partial charge in [-0.1, -0.05) is 34.1 Å². The minimum absolute atomic E-state index is 0.0882. The lowest BCUT2D eigenvalue weighted by molar-refractivity contribution is -0.385. The third-order valence-corrected chi connectivity index (χ3v) is 2.96. The minimum Gasteiger partial charge on any atom is -0.303 e. The number of rotatable bonds is 5. The fourth-order valence-corrected chi connectivity index (χ4v) is 1.94. The molecule has 15 heavy (non-hydrogen) atoms. The first-order valence-corrected chi connectivity index (χ1v) is 5.39. The second-order valence-electron chi connectivity index (χ2n) is 3.03. The number of nitrogens with zero attached hydrogens (tertiary/aromatic N) is 1. The molecule has 0 spiro atoms. The number of nitro benzene ring substituents is 1. The van der Waals surface area contributed by atoms with Gasteiger partial charge in [-0.2, -0.15) is 0 Å². The zero-order valence-electron chi connectivity index (χ0n) is 7.93. The molecular weight excluding hydrogens is 262 g/mol. The van der Waals surface area contributed by atoms with E-state index in [1.807, 2.05) is 0 Å². The van der Waals surface area contributed by atoms with Crippen molar-refractivity contribution in [2.24, 2.45) is 0 Å². The van der Waals surface area contributed by atoms with Gasteiger partial charge in [0.15, 0.2) is 0 Å². The Morgan fingerprint density at radius 1 is 1.47 bits per heavy atom. The number of alkyl halides is 1. The van der Waals surface area contributed by atoms with Crippen molar-refractivity contribution in [1.82, 2.24) is 0 Å². The molecule has 0 fully saturated rings. The van der Waals surface area contributed by atoms with Crippen LogP contribution in [0.15, 0.2) is 24.3 Å². The van der Waals surface area contributed by atoms with Crippen LogP contribution in [0.1, 0.15) is 23.2 Å². The Balaban J connectivity index is 2.91. The number of carbonyl (C=O) groups is 1. The van der Waals surface area contributed by atoms with Gasteiger partial charge in [-0.15, -0.1) is 0 Å². The molecule has 4 nitrogen and oxygen atoms in total. The van der Waals surface area contributed by atoms with E-state index in [1.165, 1.54) is 6.07 Å². The van der Waals surface area contributed by atoms with Gasteiger partial charge in [0.25, 0.3) is 5.69 Å². The first-order chi connectivity index (χ1) is 7.16. The largest absolute Gasteiger partial charge is 0.303 e. The number of aldehydes is 1. The summed E-state index contributed by atoms with van der Waals surface area (Å²) in [5.41, 5.74) is 0.703. The van der Waals surface area contributed by atoms with Gasteiger partial charge in [0.1, 0.15) is 6.29 Å². The molecule has 0 heterocycles. The lowest BCUT2D eigenvalue weighted by Gasteiger charge is -2.08. The Labute approximate surface area is 95.6 Å². The Morgan fingerprint density at radius 2 is 2.13 bits per heavy atom. The topological polar surface area (TPSA) is 60.2 Å². The van der Waals surface area contributed by atoms with E-state index in [2.05, 4.69) is 15.9 Å². The molecule has 0 aliphatic carbocycles. The molecule has 0 aromatic heterocycles. The van der Waals surface area contributed by atoms with Crippen molar-refractivity contribution in [2.75, 3.05) is 0 Å². The van der Waals surface area contributed by atoms with Crippen molar-refractivity contribution in [1.29, 1.82) is 0 Å². The predicted octanol–water partition coefficient (Wildman–Crippen LogP) is 3.01. The maximum atomic E-state index is 10.7. The summed E-state index contributed by atoms with van der Waals surface area (Å²) in [5, 5.41) is 10.7. The van der Waals surface area contributed by atoms with E-state index in [1.54, 1.807) is 18.2 Å². The summed E-state index contributed by atoms with van der Waals surface area (Å²) >= 11 is 3.34. The van der Waals surface area contributed by atoms with Crippen LogP contribution in [0, 0.1) is 10.1 Å². The number of halogens is 1. The van der Waals surface area contributed by atoms with Crippen molar-refractivity contribution in [2.45, 2.75) is 17.7 Å². The van der Waals surface area contributed by atoms with Gasteiger partial charge in [0.05, 0.1) is 4.92 Å². The number of nitro groups is 1. The smallest absolute Gasteiger partial charge is 0.273 e. The molecule has 0 N–H and O–H groups in total. The van der Waals surface area contributed by atoms with Gasteiger partial charge < -0.3 is 4.79 Å². The summed E-state index contributed by atoms with van der Waals surface area (Å²) in [6.07, 6.45) is 1.76. The summed E-state index contributed by atoms with van der Waals surface area (Å²) in [6, 6.07) is 6.53. The third-order valence-electron chi connectivity index (χ3n) is 2.01. The van der Waals surface area contributed by atoms with Crippen molar-refractivity contribution in [3.63, 3.8) is 0 Å². The van der Waals surface area contributed by atoms with E-state index < -0.39 is 4.92 Å². The standard InChI is InChI=1S/C10H10BrNO3/c11-9(5-3-7-13)8-4-1-2-6-10(8)12(14)15/h1-2,4,6-7,9H,3,5H2. The first-order valence-electron chi connectivity index (χ1n) is 4.48. The van der Waals surface area contributed by atoms with Crippen LogP contribution >= 0.6 is 15.9 Å². The van der Waals surface area contributed by atoms with Gasteiger partial charge in [-0.25, -0.2) is 0 Å². The molecule has 0 radical (unpaired) electrons. The molecule has 5 heteroatoms. The van der Waals surface area contributed by atoms with Crippen LogP contribution in [-0.4, -0.2) is 11.2 Å². The van der Waals surface area contributed by atoms with E-state index in [0.29, 0.717) is 18.4 Å². The maximum absolute atomic E-state index is 10.7. The molecule has 1 atom stereocenters. The average Bonchev–Trinajstić information content (AvgIpc) is 2.25. The van der Waals surface area contributed by atoms with Crippen LogP contribution in [-0.2, 0) is 4.79 Å². The summed E-state index contributed by atoms with van der Waals surface area (Å²) in [5.74, 6) is 0. The van der Waals surface area contributed by atoms with E-state index >= 15 is 0 Å². The molecule has 80 valence electrons. The first kappa shape index (κ1) is 11.8. The fraction of sp³-hybridized carbons (Fsp3) is 0.300. The highest BCUT2D eigenvalue weighted by molar-refractivity contribution is 9.09. The highest BCUT2D eigenvalue weighted by atomic mass is 79.9. The molecule has 1 rings (SSSR count). The van der Waals surface area contributed by atoms with Gasteiger partial charge >= 0.3 is 0 Å².